The van der Waals surface area contributed by atoms with Gasteiger partial charge in [0.1, 0.15) is 0 Å². The normalized spacial score (nSPS) is 23.2. The molecule has 2 atom stereocenters. The van der Waals surface area contributed by atoms with E-state index >= 15 is 0 Å². The van der Waals surface area contributed by atoms with E-state index < -0.39 is 0 Å². The summed E-state index contributed by atoms with van der Waals surface area (Å²) in [4.78, 5) is 22.6. The highest BCUT2D eigenvalue weighted by Gasteiger charge is 2.31. The van der Waals surface area contributed by atoms with Crippen molar-refractivity contribution in [1.82, 2.24) is 9.97 Å². The molecule has 2 aliphatic heterocycles. The predicted octanol–water partition coefficient (Wildman–Crippen LogP) is 1.77. The minimum Gasteiger partial charge on any atom is -0.478 e. The van der Waals surface area contributed by atoms with Crippen LogP contribution < -0.4 is 15.0 Å². The maximum Gasteiger partial charge on any atom is 0.263 e. The van der Waals surface area contributed by atoms with Gasteiger partial charge in [0.15, 0.2) is 18.2 Å². The highest BCUT2D eigenvalue weighted by Crippen LogP contribution is 2.32. The average molecular weight is 326 g/mol. The fourth-order valence-electron chi connectivity index (χ4n) is 2.98. The molecule has 0 unspecified atom stereocenters. The van der Waals surface area contributed by atoms with Crippen molar-refractivity contribution in [2.24, 2.45) is 0 Å². The van der Waals surface area contributed by atoms with Gasteiger partial charge in [0.2, 0.25) is 5.95 Å². The number of nitrogens with zero attached hydrogens (tertiary/aromatic N) is 3. The minimum atomic E-state index is -0.206. The Morgan fingerprint density at radius 1 is 1.29 bits per heavy atom. The monoisotopic (exact) mass is 326 g/mol. The molecule has 7 nitrogen and oxygen atoms in total. The first kappa shape index (κ1) is 14.9. The summed E-state index contributed by atoms with van der Waals surface area (Å²) >= 11 is 0. The van der Waals surface area contributed by atoms with Crippen LogP contribution in [0.4, 0.5) is 11.8 Å². The van der Waals surface area contributed by atoms with Gasteiger partial charge in [0.25, 0.3) is 5.91 Å². The van der Waals surface area contributed by atoms with Gasteiger partial charge in [-0.25, -0.2) is 4.98 Å². The fraction of sp³-hybridized carbons (Fsp3) is 0.353. The van der Waals surface area contributed by atoms with Crippen LogP contribution in [-0.4, -0.2) is 41.7 Å². The lowest BCUT2D eigenvalue weighted by atomic mass is 10.0. The number of morpholine rings is 1. The van der Waals surface area contributed by atoms with Crippen molar-refractivity contribution < 1.29 is 14.3 Å². The summed E-state index contributed by atoms with van der Waals surface area (Å²) in [6.45, 7) is 3.26. The second-order valence-electron chi connectivity index (χ2n) is 5.94. The smallest absolute Gasteiger partial charge is 0.263 e. The number of benzene rings is 1. The van der Waals surface area contributed by atoms with Gasteiger partial charge in [-0.3, -0.25) is 4.79 Å². The highest BCUT2D eigenvalue weighted by molar-refractivity contribution is 5.94. The predicted molar refractivity (Wildman–Crippen MR) is 88.1 cm³/mol. The van der Waals surface area contributed by atoms with E-state index in [0.717, 1.165) is 5.56 Å². The number of amides is 1. The van der Waals surface area contributed by atoms with Gasteiger partial charge in [0, 0.05) is 6.54 Å². The zero-order valence-electron chi connectivity index (χ0n) is 13.3. The van der Waals surface area contributed by atoms with Crippen molar-refractivity contribution >= 4 is 17.7 Å². The number of carbonyl (C=O) groups excluding carboxylic acids is 1. The number of aromatic nitrogens is 2. The molecule has 0 bridgehead atoms. The maximum absolute atomic E-state index is 11.5. The van der Waals surface area contributed by atoms with Crippen LogP contribution in [0.1, 0.15) is 18.5 Å². The molecule has 1 saturated heterocycles. The SMILES string of the molecule is C[C@@H]1CN(c2ncc3c(n2)NC(=O)CO3)[C@H](c2ccccc2)CO1. The molecule has 3 heterocycles. The van der Waals surface area contributed by atoms with Gasteiger partial charge < -0.3 is 19.7 Å². The Balaban J connectivity index is 1.69. The van der Waals surface area contributed by atoms with E-state index in [2.05, 4.69) is 32.3 Å². The molecular weight excluding hydrogens is 308 g/mol. The first-order valence-electron chi connectivity index (χ1n) is 7.93. The molecule has 1 aromatic heterocycles. The first-order chi connectivity index (χ1) is 11.7. The Hall–Kier alpha value is -2.67. The molecule has 0 saturated carbocycles. The molecule has 24 heavy (non-hydrogen) atoms. The van der Waals surface area contributed by atoms with E-state index in [0.29, 0.717) is 30.7 Å². The van der Waals surface area contributed by atoms with Crippen molar-refractivity contribution in [1.29, 1.82) is 0 Å². The molecule has 0 radical (unpaired) electrons. The molecule has 2 aliphatic rings. The molecule has 2 aromatic rings. The van der Waals surface area contributed by atoms with Crippen LogP contribution in [0.5, 0.6) is 5.75 Å². The Bertz CT molecular complexity index is 753. The Labute approximate surface area is 139 Å². The third-order valence-corrected chi connectivity index (χ3v) is 4.17. The largest absolute Gasteiger partial charge is 0.478 e. The van der Waals surface area contributed by atoms with E-state index in [1.54, 1.807) is 6.20 Å². The molecular formula is C17H18N4O3. The fourth-order valence-corrected chi connectivity index (χ4v) is 2.98. The van der Waals surface area contributed by atoms with Gasteiger partial charge in [-0.15, -0.1) is 0 Å². The quantitative estimate of drug-likeness (QED) is 0.906. The van der Waals surface area contributed by atoms with E-state index in [1.807, 2.05) is 25.1 Å². The van der Waals surface area contributed by atoms with Crippen molar-refractivity contribution in [2.45, 2.75) is 19.1 Å². The van der Waals surface area contributed by atoms with Crippen molar-refractivity contribution in [3.05, 3.63) is 42.1 Å². The van der Waals surface area contributed by atoms with Gasteiger partial charge in [-0.05, 0) is 12.5 Å². The molecule has 7 heteroatoms. The van der Waals surface area contributed by atoms with Gasteiger partial charge in [-0.1, -0.05) is 30.3 Å². The van der Waals surface area contributed by atoms with Crippen LogP contribution in [-0.2, 0) is 9.53 Å². The molecule has 0 aliphatic carbocycles. The molecule has 1 fully saturated rings. The lowest BCUT2D eigenvalue weighted by molar-refractivity contribution is -0.118. The molecule has 1 N–H and O–H groups in total. The number of hydrogen-bond donors (Lipinski definition) is 1. The van der Waals surface area contributed by atoms with Gasteiger partial charge in [0.05, 0.1) is 24.9 Å². The minimum absolute atomic E-state index is 0.00304. The van der Waals surface area contributed by atoms with Crippen LogP contribution >= 0.6 is 0 Å². The van der Waals surface area contributed by atoms with Crippen molar-refractivity contribution in [3.63, 3.8) is 0 Å². The zero-order chi connectivity index (χ0) is 16.5. The molecule has 1 aromatic carbocycles. The van der Waals surface area contributed by atoms with Crippen LogP contribution in [0.15, 0.2) is 36.5 Å². The van der Waals surface area contributed by atoms with Crippen LogP contribution in [0, 0.1) is 0 Å². The highest BCUT2D eigenvalue weighted by atomic mass is 16.5. The lowest BCUT2D eigenvalue weighted by Crippen LogP contribution is -2.44. The average Bonchev–Trinajstić information content (AvgIpc) is 2.61. The number of nitrogens with one attached hydrogen (secondary N) is 1. The Kier molecular flexibility index (Phi) is 3.78. The topological polar surface area (TPSA) is 76.6 Å². The Morgan fingerprint density at radius 2 is 2.12 bits per heavy atom. The summed E-state index contributed by atoms with van der Waals surface area (Å²) in [5.74, 6) is 1.27. The van der Waals surface area contributed by atoms with E-state index in [-0.39, 0.29) is 24.7 Å². The van der Waals surface area contributed by atoms with E-state index in [4.69, 9.17) is 9.47 Å². The summed E-state index contributed by atoms with van der Waals surface area (Å²) < 4.78 is 11.2. The van der Waals surface area contributed by atoms with E-state index in [1.165, 1.54) is 0 Å². The first-order valence-corrected chi connectivity index (χ1v) is 7.93. The van der Waals surface area contributed by atoms with E-state index in [9.17, 15) is 4.79 Å². The third kappa shape index (κ3) is 2.78. The molecule has 1 amide bonds. The molecule has 124 valence electrons. The number of anilines is 2. The third-order valence-electron chi connectivity index (χ3n) is 4.17. The Morgan fingerprint density at radius 3 is 2.96 bits per heavy atom. The number of carbonyl (C=O) groups is 1. The number of fused-ring (bicyclic) bond motifs is 1. The summed E-state index contributed by atoms with van der Waals surface area (Å²) in [7, 11) is 0. The number of hydrogen-bond acceptors (Lipinski definition) is 6. The van der Waals surface area contributed by atoms with Gasteiger partial charge >= 0.3 is 0 Å². The summed E-state index contributed by atoms with van der Waals surface area (Å²) in [5.41, 5.74) is 1.14. The maximum atomic E-state index is 11.5. The standard InChI is InChI=1S/C17H18N4O3/c1-11-8-21(13(9-23-11)12-5-3-2-4-6-12)17-18-7-14-16(20-17)19-15(22)10-24-14/h2-7,11,13H,8-10H2,1H3,(H,18,19,20,22)/t11-,13+/m1/s1. The zero-order valence-corrected chi connectivity index (χ0v) is 13.3. The van der Waals surface area contributed by atoms with Crippen LogP contribution in [0.3, 0.4) is 0 Å². The summed E-state index contributed by atoms with van der Waals surface area (Å²) in [6, 6.07) is 10.2. The lowest BCUT2D eigenvalue weighted by Gasteiger charge is -2.39. The van der Waals surface area contributed by atoms with Crippen molar-refractivity contribution in [3.8, 4) is 5.75 Å². The van der Waals surface area contributed by atoms with Gasteiger partial charge in [-0.2, -0.15) is 4.98 Å². The number of rotatable bonds is 2. The van der Waals surface area contributed by atoms with Crippen LogP contribution in [0.2, 0.25) is 0 Å². The summed E-state index contributed by atoms with van der Waals surface area (Å²) in [5, 5.41) is 2.73. The summed E-state index contributed by atoms with van der Waals surface area (Å²) in [6.07, 6.45) is 1.69. The number of ether oxygens (including phenoxy) is 2. The second-order valence-corrected chi connectivity index (χ2v) is 5.94. The van der Waals surface area contributed by atoms with Crippen LogP contribution in [0.25, 0.3) is 0 Å². The molecule has 0 spiro atoms. The molecule has 4 rings (SSSR count). The van der Waals surface area contributed by atoms with Crippen molar-refractivity contribution in [2.75, 3.05) is 30.0 Å². The second kappa shape index (κ2) is 6.09.